The second-order valence-electron chi connectivity index (χ2n) is 5.54. The van der Waals surface area contributed by atoms with Crippen LogP contribution in [0, 0.1) is 0 Å². The first-order valence-electron chi connectivity index (χ1n) is 7.24. The molecule has 0 fully saturated rings. The molecule has 0 amide bonds. The van der Waals surface area contributed by atoms with Crippen molar-refractivity contribution in [3.63, 3.8) is 0 Å². The molecule has 7 nitrogen and oxygen atoms in total. The Morgan fingerprint density at radius 3 is 3.04 bits per heavy atom. The summed E-state index contributed by atoms with van der Waals surface area (Å²) in [5.74, 6) is 0.800. The van der Waals surface area contributed by atoms with Crippen molar-refractivity contribution in [3.05, 3.63) is 47.5 Å². The van der Waals surface area contributed by atoms with E-state index in [0.717, 1.165) is 39.4 Å². The van der Waals surface area contributed by atoms with Crippen molar-refractivity contribution in [1.82, 2.24) is 25.1 Å². The van der Waals surface area contributed by atoms with Gasteiger partial charge in [-0.1, -0.05) is 0 Å². The smallest absolute Gasteiger partial charge is 0.153 e. The quantitative estimate of drug-likeness (QED) is 0.516. The lowest BCUT2D eigenvalue weighted by molar-refractivity contribution is 1.07. The summed E-state index contributed by atoms with van der Waals surface area (Å²) in [6, 6.07) is 6.07. The number of allylic oxidation sites excluding steroid dienone is 1. The zero-order valence-corrected chi connectivity index (χ0v) is 13.0. The van der Waals surface area contributed by atoms with Gasteiger partial charge >= 0.3 is 0 Å². The topological polar surface area (TPSA) is 93.8 Å². The molecule has 0 saturated heterocycles. The lowest BCUT2D eigenvalue weighted by Gasteiger charge is -2.19. The molecule has 2 aliphatic rings. The highest BCUT2D eigenvalue weighted by Gasteiger charge is 2.33. The third kappa shape index (κ3) is 1.88. The SMILES string of the molecule is CC1=C2c3cn[nH]c3C(Nc3ccc4cn[nH]c4c3)=NC2SN1. The third-order valence-corrected chi connectivity index (χ3v) is 5.08. The highest BCUT2D eigenvalue weighted by atomic mass is 32.2. The Morgan fingerprint density at radius 2 is 2.09 bits per heavy atom. The largest absolute Gasteiger partial charge is 0.339 e. The Balaban J connectivity index is 1.57. The Labute approximate surface area is 135 Å². The molecule has 0 bridgehead atoms. The highest BCUT2D eigenvalue weighted by molar-refractivity contribution is 7.98. The van der Waals surface area contributed by atoms with Crippen molar-refractivity contribution in [2.24, 2.45) is 4.99 Å². The number of nitrogens with one attached hydrogen (secondary N) is 4. The first-order valence-corrected chi connectivity index (χ1v) is 8.12. The van der Waals surface area contributed by atoms with Crippen LogP contribution in [0.4, 0.5) is 5.69 Å². The number of aliphatic imine (C=N–C) groups is 1. The maximum absolute atomic E-state index is 4.82. The minimum absolute atomic E-state index is 0.0542. The molecule has 2 aliphatic heterocycles. The Morgan fingerprint density at radius 1 is 1.17 bits per heavy atom. The van der Waals surface area contributed by atoms with E-state index in [1.165, 1.54) is 5.57 Å². The fraction of sp³-hybridized carbons (Fsp3) is 0.133. The summed E-state index contributed by atoms with van der Waals surface area (Å²) in [5, 5.41) is 18.8. The van der Waals surface area contributed by atoms with Crippen molar-refractivity contribution in [1.29, 1.82) is 0 Å². The molecule has 5 rings (SSSR count). The zero-order valence-electron chi connectivity index (χ0n) is 12.2. The molecular formula is C15H13N7S. The van der Waals surface area contributed by atoms with Crippen LogP contribution >= 0.6 is 11.9 Å². The van der Waals surface area contributed by atoms with Crippen LogP contribution in [0.1, 0.15) is 18.2 Å². The monoisotopic (exact) mass is 323 g/mol. The van der Waals surface area contributed by atoms with Gasteiger partial charge in [0.15, 0.2) is 5.84 Å². The number of H-pyrrole nitrogens is 2. The number of aromatic nitrogens is 4. The summed E-state index contributed by atoms with van der Waals surface area (Å²) in [4.78, 5) is 4.82. The maximum Gasteiger partial charge on any atom is 0.153 e. The molecule has 114 valence electrons. The number of hydrogen-bond acceptors (Lipinski definition) is 6. The standard InChI is InChI=1S/C15H13N7S/c1-7-12-10-6-17-21-13(10)14(19-15(12)23-22-7)18-9-3-2-8-5-16-20-11(8)4-9/h2-6,15,22H,1H3,(H,16,20)(H,17,21)(H,18,19). The summed E-state index contributed by atoms with van der Waals surface area (Å²) in [6.45, 7) is 2.07. The van der Waals surface area contributed by atoms with E-state index in [4.69, 9.17) is 4.99 Å². The molecule has 8 heteroatoms. The van der Waals surface area contributed by atoms with E-state index in [0.29, 0.717) is 0 Å². The first-order chi connectivity index (χ1) is 11.3. The number of nitrogens with zero attached hydrogens (tertiary/aromatic N) is 3. The van der Waals surface area contributed by atoms with Crippen LogP contribution in [0.3, 0.4) is 0 Å². The molecule has 0 radical (unpaired) electrons. The van der Waals surface area contributed by atoms with E-state index < -0.39 is 0 Å². The highest BCUT2D eigenvalue weighted by Crippen LogP contribution is 2.40. The molecule has 1 atom stereocenters. The van der Waals surface area contributed by atoms with Gasteiger partial charge in [0.05, 0.1) is 17.9 Å². The number of amidine groups is 1. The van der Waals surface area contributed by atoms with Gasteiger partial charge in [-0.05, 0) is 37.1 Å². The second-order valence-corrected chi connectivity index (χ2v) is 6.43. The van der Waals surface area contributed by atoms with Gasteiger partial charge in [0.1, 0.15) is 11.1 Å². The normalized spacial score (nSPS) is 19.3. The number of rotatable bonds is 1. The van der Waals surface area contributed by atoms with Crippen LogP contribution in [-0.4, -0.2) is 31.6 Å². The van der Waals surface area contributed by atoms with Crippen LogP contribution in [0.25, 0.3) is 16.5 Å². The molecule has 2 aromatic heterocycles. The molecule has 23 heavy (non-hydrogen) atoms. The molecule has 0 saturated carbocycles. The molecule has 0 aliphatic carbocycles. The van der Waals surface area contributed by atoms with E-state index in [2.05, 4.69) is 37.4 Å². The van der Waals surface area contributed by atoms with Gasteiger partial charge < -0.3 is 10.0 Å². The zero-order chi connectivity index (χ0) is 15.4. The predicted octanol–water partition coefficient (Wildman–Crippen LogP) is 2.47. The summed E-state index contributed by atoms with van der Waals surface area (Å²) >= 11 is 1.61. The Kier molecular flexibility index (Phi) is 2.57. The molecule has 4 N–H and O–H groups in total. The van der Waals surface area contributed by atoms with Crippen LogP contribution in [-0.2, 0) is 0 Å². The van der Waals surface area contributed by atoms with Crippen LogP contribution < -0.4 is 10.0 Å². The van der Waals surface area contributed by atoms with Crippen molar-refractivity contribution >= 4 is 39.9 Å². The van der Waals surface area contributed by atoms with Gasteiger partial charge in [0.25, 0.3) is 0 Å². The Hall–Kier alpha value is -2.74. The van der Waals surface area contributed by atoms with Crippen LogP contribution in [0.15, 0.2) is 41.3 Å². The van der Waals surface area contributed by atoms with E-state index >= 15 is 0 Å². The van der Waals surface area contributed by atoms with Gasteiger partial charge in [-0.3, -0.25) is 10.2 Å². The van der Waals surface area contributed by atoms with E-state index in [1.54, 1.807) is 11.9 Å². The van der Waals surface area contributed by atoms with Crippen molar-refractivity contribution in [2.75, 3.05) is 5.32 Å². The fourth-order valence-electron chi connectivity index (χ4n) is 2.97. The molecule has 3 aromatic rings. The predicted molar refractivity (Wildman–Crippen MR) is 91.9 cm³/mol. The summed E-state index contributed by atoms with van der Waals surface area (Å²) in [7, 11) is 0. The lowest BCUT2D eigenvalue weighted by Crippen LogP contribution is -2.23. The number of hydrogen-bond donors (Lipinski definition) is 4. The first kappa shape index (κ1) is 12.8. The van der Waals surface area contributed by atoms with E-state index in [9.17, 15) is 0 Å². The summed E-state index contributed by atoms with van der Waals surface area (Å²) in [5.41, 5.74) is 6.32. The van der Waals surface area contributed by atoms with Crippen molar-refractivity contribution in [3.8, 4) is 0 Å². The van der Waals surface area contributed by atoms with E-state index in [1.807, 2.05) is 30.6 Å². The van der Waals surface area contributed by atoms with Gasteiger partial charge in [-0.2, -0.15) is 10.2 Å². The van der Waals surface area contributed by atoms with Crippen molar-refractivity contribution in [2.45, 2.75) is 12.3 Å². The lowest BCUT2D eigenvalue weighted by atomic mass is 10.0. The molecular weight excluding hydrogens is 310 g/mol. The average Bonchev–Trinajstić information content (AvgIpc) is 3.26. The minimum atomic E-state index is 0.0542. The molecule has 1 aromatic carbocycles. The van der Waals surface area contributed by atoms with Crippen molar-refractivity contribution < 1.29 is 0 Å². The van der Waals surface area contributed by atoms with Gasteiger partial charge in [-0.25, -0.2) is 4.99 Å². The summed E-state index contributed by atoms with van der Waals surface area (Å²) in [6.07, 6.45) is 3.67. The van der Waals surface area contributed by atoms with Gasteiger partial charge in [-0.15, -0.1) is 0 Å². The third-order valence-electron chi connectivity index (χ3n) is 4.09. The molecule has 4 heterocycles. The van der Waals surface area contributed by atoms with Gasteiger partial charge in [0, 0.05) is 27.9 Å². The Bertz CT molecular complexity index is 981. The molecule has 0 spiro atoms. The molecule has 1 unspecified atom stereocenters. The number of benzene rings is 1. The van der Waals surface area contributed by atoms with Gasteiger partial charge in [0.2, 0.25) is 0 Å². The maximum atomic E-state index is 4.82. The second kappa shape index (κ2) is 4.63. The number of aromatic amines is 2. The fourth-order valence-corrected chi connectivity index (χ4v) is 3.95. The average molecular weight is 323 g/mol. The summed E-state index contributed by atoms with van der Waals surface area (Å²) < 4.78 is 3.30. The van der Waals surface area contributed by atoms with Crippen LogP contribution in [0.2, 0.25) is 0 Å². The van der Waals surface area contributed by atoms with E-state index in [-0.39, 0.29) is 5.37 Å². The van der Waals surface area contributed by atoms with Crippen LogP contribution in [0.5, 0.6) is 0 Å². The number of anilines is 1. The minimum Gasteiger partial charge on any atom is -0.339 e. The number of fused-ring (bicyclic) bond motifs is 4.